The highest BCUT2D eigenvalue weighted by Crippen LogP contribution is 2.21. The lowest BCUT2D eigenvalue weighted by Gasteiger charge is -2.24. The Kier molecular flexibility index (Phi) is 6.73. The average Bonchev–Trinajstić information content (AvgIpc) is 2.61. The van der Waals surface area contributed by atoms with Gasteiger partial charge in [-0.3, -0.25) is 0 Å². The van der Waals surface area contributed by atoms with Crippen molar-refractivity contribution < 1.29 is 24.0 Å². The van der Waals surface area contributed by atoms with E-state index in [4.69, 9.17) is 9.26 Å². The summed E-state index contributed by atoms with van der Waals surface area (Å²) in [5, 5.41) is 11.9. The van der Waals surface area contributed by atoms with Gasteiger partial charge in [0.2, 0.25) is 0 Å². The number of benzene rings is 2. The Bertz CT molecular complexity index is 665. The Morgan fingerprint density at radius 1 is 1.04 bits per heavy atom. The van der Waals surface area contributed by atoms with Gasteiger partial charge in [-0.2, -0.15) is 0 Å². The predicted octanol–water partition coefficient (Wildman–Crippen LogP) is 2.91. The largest absolute Gasteiger partial charge is 0.479 e. The van der Waals surface area contributed by atoms with Crippen molar-refractivity contribution >= 4 is 21.5 Å². The van der Waals surface area contributed by atoms with Crippen molar-refractivity contribution in [2.45, 2.75) is 18.8 Å². The standard InChI is InChI=1S/C17H18NO5P/c19-16(20)15(23-24)14(13-9-5-2-6-10-13)18-17(21)22-11-12-7-3-1-4-8-12/h1-10,14-15H,11,24H2,(H,18,21)(H,19,20)/t14?,15-/m1/s1. The van der Waals surface area contributed by atoms with Gasteiger partial charge in [0, 0.05) is 9.47 Å². The molecule has 2 N–H and O–H groups in total. The van der Waals surface area contributed by atoms with Crippen LogP contribution in [0, 0.1) is 0 Å². The van der Waals surface area contributed by atoms with Crippen LogP contribution in [-0.2, 0) is 20.7 Å². The van der Waals surface area contributed by atoms with Crippen LogP contribution in [-0.4, -0.2) is 23.3 Å². The van der Waals surface area contributed by atoms with Gasteiger partial charge in [-0.05, 0) is 11.1 Å². The first kappa shape index (κ1) is 17.9. The summed E-state index contributed by atoms with van der Waals surface area (Å²) in [6.45, 7) is 0.0909. The van der Waals surface area contributed by atoms with E-state index in [1.807, 2.05) is 39.8 Å². The van der Waals surface area contributed by atoms with Crippen molar-refractivity contribution in [1.29, 1.82) is 0 Å². The van der Waals surface area contributed by atoms with Gasteiger partial charge >= 0.3 is 12.1 Å². The van der Waals surface area contributed by atoms with E-state index in [0.29, 0.717) is 5.56 Å². The molecule has 0 bridgehead atoms. The number of carboxylic acids is 1. The number of hydrogen-bond acceptors (Lipinski definition) is 4. The van der Waals surface area contributed by atoms with E-state index in [1.54, 1.807) is 30.3 Å². The smallest absolute Gasteiger partial charge is 0.408 e. The monoisotopic (exact) mass is 347 g/mol. The summed E-state index contributed by atoms with van der Waals surface area (Å²) in [7, 11) is 1.92. The SMILES string of the molecule is O=C(NC(c1ccccc1)[C@@H](OP)C(=O)O)OCc1ccccc1. The van der Waals surface area contributed by atoms with Gasteiger partial charge in [-0.25, -0.2) is 9.59 Å². The normalized spacial score (nSPS) is 12.9. The Morgan fingerprint density at radius 2 is 1.62 bits per heavy atom. The topological polar surface area (TPSA) is 84.9 Å². The van der Waals surface area contributed by atoms with Crippen LogP contribution in [0.15, 0.2) is 60.7 Å². The maximum atomic E-state index is 12.1. The molecule has 0 spiro atoms. The molecule has 0 radical (unpaired) electrons. The molecule has 0 saturated carbocycles. The number of aliphatic carboxylic acids is 1. The van der Waals surface area contributed by atoms with E-state index in [2.05, 4.69) is 5.32 Å². The fraction of sp³-hybridized carbons (Fsp3) is 0.176. The molecule has 0 saturated heterocycles. The third kappa shape index (κ3) is 5.05. The van der Waals surface area contributed by atoms with Gasteiger partial charge in [0.1, 0.15) is 6.61 Å². The van der Waals surface area contributed by atoms with E-state index in [0.717, 1.165) is 5.56 Å². The maximum Gasteiger partial charge on any atom is 0.408 e. The highest BCUT2D eigenvalue weighted by molar-refractivity contribution is 7.09. The van der Waals surface area contributed by atoms with E-state index >= 15 is 0 Å². The van der Waals surface area contributed by atoms with Gasteiger partial charge in [-0.1, -0.05) is 60.7 Å². The second-order valence-electron chi connectivity index (χ2n) is 4.99. The number of hydrogen-bond donors (Lipinski definition) is 2. The molecule has 24 heavy (non-hydrogen) atoms. The van der Waals surface area contributed by atoms with E-state index in [9.17, 15) is 14.7 Å². The molecule has 2 unspecified atom stereocenters. The molecular formula is C17H18NO5P. The van der Waals surface area contributed by atoms with Gasteiger partial charge in [0.05, 0.1) is 6.04 Å². The van der Waals surface area contributed by atoms with Crippen LogP contribution in [0.4, 0.5) is 4.79 Å². The van der Waals surface area contributed by atoms with Crippen molar-refractivity contribution in [3.8, 4) is 0 Å². The molecule has 0 aromatic heterocycles. The first-order valence-electron chi connectivity index (χ1n) is 7.22. The molecular weight excluding hydrogens is 329 g/mol. The average molecular weight is 347 g/mol. The minimum atomic E-state index is -1.26. The third-order valence-corrected chi connectivity index (χ3v) is 3.63. The summed E-state index contributed by atoms with van der Waals surface area (Å²) in [5.74, 6) is -1.19. The van der Waals surface area contributed by atoms with E-state index in [1.165, 1.54) is 0 Å². The van der Waals surface area contributed by atoms with Crippen LogP contribution >= 0.6 is 9.47 Å². The Hall–Kier alpha value is -2.43. The second-order valence-corrected chi connectivity index (χ2v) is 5.26. The zero-order chi connectivity index (χ0) is 17.4. The first-order valence-corrected chi connectivity index (χ1v) is 7.69. The molecule has 6 nitrogen and oxygen atoms in total. The van der Waals surface area contributed by atoms with E-state index < -0.39 is 24.2 Å². The number of rotatable bonds is 7. The Labute approximate surface area is 142 Å². The number of carbonyl (C=O) groups excluding carboxylic acids is 1. The molecule has 126 valence electrons. The minimum absolute atomic E-state index is 0.0909. The molecule has 0 aliphatic carbocycles. The number of alkyl carbamates (subject to hydrolysis) is 1. The number of carboxylic acid groups (broad SMARTS) is 1. The van der Waals surface area contributed by atoms with Gasteiger partial charge in [0.25, 0.3) is 0 Å². The lowest BCUT2D eigenvalue weighted by Crippen LogP contribution is -2.40. The molecule has 2 aromatic rings. The molecule has 2 aromatic carbocycles. The van der Waals surface area contributed by atoms with Crippen LogP contribution in [0.2, 0.25) is 0 Å². The zero-order valence-electron chi connectivity index (χ0n) is 12.8. The van der Waals surface area contributed by atoms with Crippen molar-refractivity contribution in [2.24, 2.45) is 0 Å². The van der Waals surface area contributed by atoms with Crippen LogP contribution < -0.4 is 5.32 Å². The van der Waals surface area contributed by atoms with Crippen molar-refractivity contribution in [1.82, 2.24) is 5.32 Å². The molecule has 7 heteroatoms. The highest BCUT2D eigenvalue weighted by Gasteiger charge is 2.31. The summed E-state index contributed by atoms with van der Waals surface area (Å²) >= 11 is 0. The molecule has 0 aliphatic heterocycles. The molecule has 0 fully saturated rings. The number of ether oxygens (including phenoxy) is 1. The number of amides is 1. The number of carbonyl (C=O) groups is 2. The summed E-state index contributed by atoms with van der Waals surface area (Å²) < 4.78 is 10.1. The maximum absolute atomic E-state index is 12.1. The van der Waals surface area contributed by atoms with Crippen molar-refractivity contribution in [3.05, 3.63) is 71.8 Å². The lowest BCUT2D eigenvalue weighted by molar-refractivity contribution is -0.145. The van der Waals surface area contributed by atoms with Crippen molar-refractivity contribution in [3.63, 3.8) is 0 Å². The Balaban J connectivity index is 2.07. The van der Waals surface area contributed by atoms with Gasteiger partial charge in [0.15, 0.2) is 6.10 Å². The quantitative estimate of drug-likeness (QED) is 0.752. The van der Waals surface area contributed by atoms with Crippen LogP contribution in [0.1, 0.15) is 17.2 Å². The molecule has 3 atom stereocenters. The molecule has 0 heterocycles. The fourth-order valence-corrected chi connectivity index (χ4v) is 2.44. The first-order chi connectivity index (χ1) is 11.6. The molecule has 0 aliphatic rings. The Morgan fingerprint density at radius 3 is 2.17 bits per heavy atom. The summed E-state index contributed by atoms with van der Waals surface area (Å²) in [6.07, 6.45) is -1.98. The minimum Gasteiger partial charge on any atom is -0.479 e. The van der Waals surface area contributed by atoms with Crippen LogP contribution in [0.5, 0.6) is 0 Å². The van der Waals surface area contributed by atoms with Gasteiger partial charge in [-0.15, -0.1) is 0 Å². The highest BCUT2D eigenvalue weighted by atomic mass is 31.0. The summed E-state index contributed by atoms with van der Waals surface area (Å²) in [4.78, 5) is 23.4. The fourth-order valence-electron chi connectivity index (χ4n) is 2.17. The van der Waals surface area contributed by atoms with Gasteiger partial charge < -0.3 is 19.7 Å². The predicted molar refractivity (Wildman–Crippen MR) is 91.2 cm³/mol. The third-order valence-electron chi connectivity index (χ3n) is 3.34. The molecule has 2 rings (SSSR count). The summed E-state index contributed by atoms with van der Waals surface area (Å²) in [6, 6.07) is 17.0. The second kappa shape index (κ2) is 9.01. The van der Waals surface area contributed by atoms with E-state index in [-0.39, 0.29) is 6.61 Å². The summed E-state index contributed by atoms with van der Waals surface area (Å²) in [5.41, 5.74) is 1.44. The lowest BCUT2D eigenvalue weighted by atomic mass is 10.0. The molecule has 1 amide bonds. The number of nitrogens with one attached hydrogen (secondary N) is 1. The van der Waals surface area contributed by atoms with Crippen LogP contribution in [0.25, 0.3) is 0 Å². The zero-order valence-corrected chi connectivity index (χ0v) is 13.9. The van der Waals surface area contributed by atoms with Crippen LogP contribution in [0.3, 0.4) is 0 Å². The van der Waals surface area contributed by atoms with Crippen molar-refractivity contribution in [2.75, 3.05) is 0 Å².